The van der Waals surface area contributed by atoms with E-state index in [4.69, 9.17) is 15.2 Å². The lowest BCUT2D eigenvalue weighted by Gasteiger charge is -2.35. The van der Waals surface area contributed by atoms with Crippen molar-refractivity contribution in [3.63, 3.8) is 0 Å². The Bertz CT molecular complexity index is 680. The van der Waals surface area contributed by atoms with Gasteiger partial charge in [-0.15, -0.1) is 0 Å². The number of carbonyl (C=O) groups is 1. The van der Waals surface area contributed by atoms with Crippen LogP contribution in [0.1, 0.15) is 26.3 Å². The monoisotopic (exact) mass is 407 g/mol. The summed E-state index contributed by atoms with van der Waals surface area (Å²) in [7, 11) is 0. The number of thiocarbonyl (C=S) groups is 1. The molecular weight excluding hydrogens is 378 g/mol. The molecule has 1 aromatic carbocycles. The number of amides is 1. The molecule has 1 aliphatic heterocycles. The first-order chi connectivity index (χ1) is 13.2. The van der Waals surface area contributed by atoms with Crippen LogP contribution in [0.2, 0.25) is 0 Å². The number of hydrogen-bond acceptors (Lipinski definition) is 6. The Morgan fingerprint density at radius 2 is 1.89 bits per heavy atom. The highest BCUT2D eigenvalue weighted by Crippen LogP contribution is 2.13. The summed E-state index contributed by atoms with van der Waals surface area (Å²) in [5, 5.41) is 4.03. The Morgan fingerprint density at radius 3 is 2.46 bits per heavy atom. The van der Waals surface area contributed by atoms with Crippen LogP contribution < -0.4 is 15.9 Å². The molecule has 3 N–H and O–H groups in total. The van der Waals surface area contributed by atoms with Gasteiger partial charge in [0, 0.05) is 32.7 Å². The fourth-order valence-electron chi connectivity index (χ4n) is 2.59. The van der Waals surface area contributed by atoms with E-state index >= 15 is 0 Å². The third kappa shape index (κ3) is 8.10. The molecule has 1 aliphatic rings. The zero-order valence-corrected chi connectivity index (χ0v) is 17.5. The summed E-state index contributed by atoms with van der Waals surface area (Å²) in [6, 6.07) is 7.59. The summed E-state index contributed by atoms with van der Waals surface area (Å²) in [5.74, 6) is 0.798. The number of carbonyl (C=O) groups excluding carboxylic acids is 1. The van der Waals surface area contributed by atoms with Gasteiger partial charge in [-0.3, -0.25) is 10.3 Å². The number of hydrazone groups is 1. The van der Waals surface area contributed by atoms with E-state index in [-0.39, 0.29) is 11.2 Å². The first kappa shape index (κ1) is 21.9. The second-order valence-corrected chi connectivity index (χ2v) is 7.90. The van der Waals surface area contributed by atoms with Gasteiger partial charge >= 0.3 is 6.09 Å². The van der Waals surface area contributed by atoms with Crippen molar-refractivity contribution in [3.8, 4) is 5.75 Å². The quantitative estimate of drug-likeness (QED) is 0.422. The van der Waals surface area contributed by atoms with Gasteiger partial charge in [0.1, 0.15) is 18.0 Å². The summed E-state index contributed by atoms with van der Waals surface area (Å²) in [4.78, 5) is 16.1. The van der Waals surface area contributed by atoms with E-state index in [1.54, 1.807) is 11.1 Å². The summed E-state index contributed by atoms with van der Waals surface area (Å²) in [6.45, 7) is 10.00. The van der Waals surface area contributed by atoms with E-state index in [0.29, 0.717) is 19.7 Å². The summed E-state index contributed by atoms with van der Waals surface area (Å²) < 4.78 is 11.2. The fourth-order valence-corrected chi connectivity index (χ4v) is 2.65. The molecule has 0 saturated carbocycles. The van der Waals surface area contributed by atoms with Gasteiger partial charge < -0.3 is 20.1 Å². The van der Waals surface area contributed by atoms with E-state index in [1.807, 2.05) is 45.0 Å². The van der Waals surface area contributed by atoms with Gasteiger partial charge in [0.15, 0.2) is 5.11 Å². The van der Waals surface area contributed by atoms with Crippen molar-refractivity contribution in [1.82, 2.24) is 15.2 Å². The molecule has 2 rings (SSSR count). The molecule has 0 aliphatic carbocycles. The standard InChI is InChI=1S/C19H29N5O3S/c1-19(2,3)27-18(25)24-10-8-23(9-11-24)12-13-26-16-6-4-15(5-7-16)14-21-22-17(20)28/h4-7,14H,8-13H2,1-3H3,(H3,20,22,28). The molecule has 1 aromatic rings. The highest BCUT2D eigenvalue weighted by molar-refractivity contribution is 7.80. The van der Waals surface area contributed by atoms with Gasteiger partial charge in [-0.25, -0.2) is 4.79 Å². The largest absolute Gasteiger partial charge is 0.492 e. The fraction of sp³-hybridized carbons (Fsp3) is 0.526. The topological polar surface area (TPSA) is 92.4 Å². The van der Waals surface area contributed by atoms with Crippen LogP contribution in [0.4, 0.5) is 4.79 Å². The van der Waals surface area contributed by atoms with Crippen molar-refractivity contribution in [2.75, 3.05) is 39.3 Å². The average molecular weight is 408 g/mol. The number of rotatable bonds is 6. The van der Waals surface area contributed by atoms with E-state index in [2.05, 4.69) is 27.6 Å². The van der Waals surface area contributed by atoms with Crippen LogP contribution >= 0.6 is 12.2 Å². The first-order valence-corrected chi connectivity index (χ1v) is 9.65. The molecule has 0 bridgehead atoms. The van der Waals surface area contributed by atoms with Crippen molar-refractivity contribution in [2.24, 2.45) is 10.8 Å². The van der Waals surface area contributed by atoms with Gasteiger partial charge in [-0.05, 0) is 62.8 Å². The maximum atomic E-state index is 12.1. The summed E-state index contributed by atoms with van der Waals surface area (Å²) in [6.07, 6.45) is 1.39. The molecule has 1 heterocycles. The Kier molecular flexibility index (Phi) is 8.01. The number of benzene rings is 1. The SMILES string of the molecule is CC(C)(C)OC(=O)N1CCN(CCOc2ccc(C=NNC(N)=S)cc2)CC1. The van der Waals surface area contributed by atoms with Crippen LogP contribution in [-0.2, 0) is 4.74 Å². The lowest BCUT2D eigenvalue weighted by Crippen LogP contribution is -2.50. The summed E-state index contributed by atoms with van der Waals surface area (Å²) in [5.41, 5.74) is 8.26. The lowest BCUT2D eigenvalue weighted by molar-refractivity contribution is 0.0137. The number of hydrogen-bond donors (Lipinski definition) is 2. The predicted octanol–water partition coefficient (Wildman–Crippen LogP) is 1.79. The van der Waals surface area contributed by atoms with Crippen LogP contribution in [0.3, 0.4) is 0 Å². The van der Waals surface area contributed by atoms with E-state index in [1.165, 1.54) is 0 Å². The molecule has 1 amide bonds. The minimum Gasteiger partial charge on any atom is -0.492 e. The minimum atomic E-state index is -0.461. The average Bonchev–Trinajstić information content (AvgIpc) is 2.62. The van der Waals surface area contributed by atoms with Gasteiger partial charge in [0.2, 0.25) is 0 Å². The van der Waals surface area contributed by atoms with Crippen LogP contribution in [0.5, 0.6) is 5.75 Å². The molecule has 0 unspecified atom stereocenters. The molecular formula is C19H29N5O3S. The third-order valence-electron chi connectivity index (χ3n) is 3.97. The summed E-state index contributed by atoms with van der Waals surface area (Å²) >= 11 is 4.68. The molecule has 9 heteroatoms. The molecule has 0 spiro atoms. The zero-order valence-electron chi connectivity index (χ0n) is 16.7. The molecule has 0 radical (unpaired) electrons. The highest BCUT2D eigenvalue weighted by Gasteiger charge is 2.25. The number of nitrogens with one attached hydrogen (secondary N) is 1. The Morgan fingerprint density at radius 1 is 1.25 bits per heavy atom. The molecule has 1 fully saturated rings. The number of nitrogens with two attached hydrogens (primary N) is 1. The molecule has 28 heavy (non-hydrogen) atoms. The van der Waals surface area contributed by atoms with Crippen LogP contribution in [0, 0.1) is 0 Å². The molecule has 8 nitrogen and oxygen atoms in total. The lowest BCUT2D eigenvalue weighted by atomic mass is 10.2. The van der Waals surface area contributed by atoms with Gasteiger partial charge in [0.05, 0.1) is 6.21 Å². The first-order valence-electron chi connectivity index (χ1n) is 9.24. The third-order valence-corrected chi connectivity index (χ3v) is 4.06. The van der Waals surface area contributed by atoms with Gasteiger partial charge in [-0.2, -0.15) is 5.10 Å². The number of ether oxygens (including phenoxy) is 2. The van der Waals surface area contributed by atoms with E-state index < -0.39 is 5.60 Å². The number of piperazine rings is 1. The van der Waals surface area contributed by atoms with Crippen molar-refractivity contribution in [2.45, 2.75) is 26.4 Å². The Hall–Kier alpha value is -2.39. The molecule has 1 saturated heterocycles. The predicted molar refractivity (Wildman–Crippen MR) is 114 cm³/mol. The normalized spacial score (nSPS) is 15.5. The van der Waals surface area contributed by atoms with Crippen LogP contribution in [-0.4, -0.2) is 72.2 Å². The maximum Gasteiger partial charge on any atom is 0.410 e. The molecule has 0 aromatic heterocycles. The smallest absolute Gasteiger partial charge is 0.410 e. The van der Waals surface area contributed by atoms with E-state index in [9.17, 15) is 4.79 Å². The molecule has 0 atom stereocenters. The zero-order chi connectivity index (χ0) is 20.6. The van der Waals surface area contributed by atoms with Gasteiger partial charge in [0.25, 0.3) is 0 Å². The second kappa shape index (κ2) is 10.2. The van der Waals surface area contributed by atoms with E-state index in [0.717, 1.165) is 30.9 Å². The Balaban J connectivity index is 1.67. The van der Waals surface area contributed by atoms with Crippen LogP contribution in [0.25, 0.3) is 0 Å². The molecule has 154 valence electrons. The van der Waals surface area contributed by atoms with Crippen molar-refractivity contribution in [3.05, 3.63) is 29.8 Å². The highest BCUT2D eigenvalue weighted by atomic mass is 32.1. The van der Waals surface area contributed by atoms with Crippen LogP contribution in [0.15, 0.2) is 29.4 Å². The maximum absolute atomic E-state index is 12.1. The van der Waals surface area contributed by atoms with Crippen molar-refractivity contribution in [1.29, 1.82) is 0 Å². The Labute approximate surface area is 171 Å². The minimum absolute atomic E-state index is 0.128. The van der Waals surface area contributed by atoms with Crippen molar-refractivity contribution >= 4 is 29.6 Å². The second-order valence-electron chi connectivity index (χ2n) is 7.46. The van der Waals surface area contributed by atoms with Crippen molar-refractivity contribution < 1.29 is 14.3 Å². The number of nitrogens with zero attached hydrogens (tertiary/aromatic N) is 3. The van der Waals surface area contributed by atoms with Gasteiger partial charge in [-0.1, -0.05) is 0 Å².